The molecule has 4 rings (SSSR count). The number of likely N-dealkylation sites (tertiary alicyclic amines) is 1. The fraction of sp³-hybridized carbons (Fsp3) is 0.500. The first-order valence-corrected chi connectivity index (χ1v) is 8.77. The van der Waals surface area contributed by atoms with Crippen molar-refractivity contribution in [1.82, 2.24) is 15.4 Å². The average Bonchev–Trinajstić information content (AvgIpc) is 3.14. The molecule has 1 aliphatic heterocycles. The van der Waals surface area contributed by atoms with E-state index in [1.807, 2.05) is 4.90 Å². The highest BCUT2D eigenvalue weighted by Crippen LogP contribution is 2.40. The summed E-state index contributed by atoms with van der Waals surface area (Å²) in [6, 6.07) is 3.43. The van der Waals surface area contributed by atoms with Gasteiger partial charge in [-0.15, -0.1) is 0 Å². The zero-order valence-electron chi connectivity index (χ0n) is 13.9. The minimum atomic E-state index is -0.187. The number of amides is 2. The smallest absolute Gasteiger partial charge is 0.273 e. The number of carbonyl (C=O) groups is 2. The number of carbonyl (C=O) groups excluding carboxylic acids is 2. The molecule has 0 radical (unpaired) electrons. The Morgan fingerprint density at radius 1 is 1.24 bits per heavy atom. The van der Waals surface area contributed by atoms with Gasteiger partial charge >= 0.3 is 0 Å². The molecule has 1 saturated carbocycles. The summed E-state index contributed by atoms with van der Waals surface area (Å²) in [7, 11) is 0. The van der Waals surface area contributed by atoms with Crippen LogP contribution in [-0.2, 0) is 0 Å². The Bertz CT molecular complexity index is 740. The predicted octanol–water partition coefficient (Wildman–Crippen LogP) is 2.43. The van der Waals surface area contributed by atoms with E-state index in [9.17, 15) is 9.59 Å². The van der Waals surface area contributed by atoms with Crippen molar-refractivity contribution in [1.29, 1.82) is 0 Å². The van der Waals surface area contributed by atoms with Crippen LogP contribution >= 0.6 is 0 Å². The van der Waals surface area contributed by atoms with Gasteiger partial charge in [0.2, 0.25) is 0 Å². The molecule has 7 nitrogen and oxygen atoms in total. The van der Waals surface area contributed by atoms with Gasteiger partial charge in [0.25, 0.3) is 11.8 Å². The summed E-state index contributed by atoms with van der Waals surface area (Å²) in [6.07, 6.45) is 6.96. The van der Waals surface area contributed by atoms with Crippen LogP contribution in [0, 0.1) is 5.92 Å². The van der Waals surface area contributed by atoms with Crippen molar-refractivity contribution >= 4 is 11.8 Å². The molecule has 0 aromatic carbocycles. The second-order valence-corrected chi connectivity index (χ2v) is 6.85. The van der Waals surface area contributed by atoms with Gasteiger partial charge in [0.15, 0.2) is 5.69 Å². The predicted molar refractivity (Wildman–Crippen MR) is 88.1 cm³/mol. The number of hydrogen-bond donors (Lipinski definition) is 1. The third-order valence-electron chi connectivity index (χ3n) is 4.96. The fourth-order valence-corrected chi connectivity index (χ4v) is 3.19. The van der Waals surface area contributed by atoms with Crippen molar-refractivity contribution in [3.05, 3.63) is 41.7 Å². The summed E-state index contributed by atoms with van der Waals surface area (Å²) in [5, 5.41) is 6.79. The Balaban J connectivity index is 1.23. The first kappa shape index (κ1) is 15.9. The summed E-state index contributed by atoms with van der Waals surface area (Å²) < 4.78 is 10.2. The van der Waals surface area contributed by atoms with Crippen molar-refractivity contribution in [2.45, 2.75) is 31.6 Å². The maximum absolute atomic E-state index is 12.3. The molecule has 3 heterocycles. The lowest BCUT2D eigenvalue weighted by molar-refractivity contribution is 0.0683. The Morgan fingerprint density at radius 2 is 2.04 bits per heavy atom. The molecule has 0 spiro atoms. The lowest BCUT2D eigenvalue weighted by Gasteiger charge is -2.31. The standard InChI is InChI=1S/C18H21N3O4/c22-17(15-9-16(25-20-15)13-1-2-13)19-10-12-3-6-21(7-4-12)18(23)14-5-8-24-11-14/h5,8-9,11-13H,1-4,6-7,10H2,(H,19,22). The molecular weight excluding hydrogens is 322 g/mol. The van der Waals surface area contributed by atoms with E-state index in [4.69, 9.17) is 8.94 Å². The van der Waals surface area contributed by atoms with Gasteiger partial charge in [0.05, 0.1) is 11.8 Å². The van der Waals surface area contributed by atoms with E-state index in [1.54, 1.807) is 12.1 Å². The second-order valence-electron chi connectivity index (χ2n) is 6.85. The van der Waals surface area contributed by atoms with Crippen molar-refractivity contribution in [3.63, 3.8) is 0 Å². The summed E-state index contributed by atoms with van der Waals surface area (Å²) in [4.78, 5) is 26.3. The molecule has 1 aliphatic carbocycles. The average molecular weight is 343 g/mol. The number of furan rings is 1. The maximum Gasteiger partial charge on any atom is 0.273 e. The Morgan fingerprint density at radius 3 is 2.72 bits per heavy atom. The highest BCUT2D eigenvalue weighted by atomic mass is 16.5. The van der Waals surface area contributed by atoms with Crippen LogP contribution < -0.4 is 5.32 Å². The highest BCUT2D eigenvalue weighted by Gasteiger charge is 2.29. The van der Waals surface area contributed by atoms with Gasteiger partial charge in [0.1, 0.15) is 12.0 Å². The van der Waals surface area contributed by atoms with E-state index in [0.717, 1.165) is 31.4 Å². The van der Waals surface area contributed by atoms with Crippen LogP contribution in [0.5, 0.6) is 0 Å². The van der Waals surface area contributed by atoms with Crippen LogP contribution in [0.2, 0.25) is 0 Å². The van der Waals surface area contributed by atoms with Crippen molar-refractivity contribution in [2.24, 2.45) is 5.92 Å². The summed E-state index contributed by atoms with van der Waals surface area (Å²) in [6.45, 7) is 1.98. The van der Waals surface area contributed by atoms with Crippen molar-refractivity contribution < 1.29 is 18.5 Å². The first-order valence-electron chi connectivity index (χ1n) is 8.77. The van der Waals surface area contributed by atoms with Crippen molar-refractivity contribution in [2.75, 3.05) is 19.6 Å². The van der Waals surface area contributed by atoms with Gasteiger partial charge < -0.3 is 19.2 Å². The topological polar surface area (TPSA) is 88.6 Å². The quantitative estimate of drug-likeness (QED) is 0.901. The fourth-order valence-electron chi connectivity index (χ4n) is 3.19. The molecule has 0 bridgehead atoms. The van der Waals surface area contributed by atoms with Gasteiger partial charge in [-0.3, -0.25) is 9.59 Å². The molecule has 25 heavy (non-hydrogen) atoms. The highest BCUT2D eigenvalue weighted by molar-refractivity contribution is 5.94. The first-order chi connectivity index (χ1) is 12.2. The number of nitrogens with one attached hydrogen (secondary N) is 1. The molecule has 1 saturated heterocycles. The molecule has 0 unspecified atom stereocenters. The molecule has 7 heteroatoms. The molecule has 2 aromatic rings. The van der Waals surface area contributed by atoms with E-state index in [0.29, 0.717) is 42.7 Å². The zero-order chi connectivity index (χ0) is 17.2. The van der Waals surface area contributed by atoms with Crippen LogP contribution in [0.25, 0.3) is 0 Å². The third kappa shape index (κ3) is 3.60. The van der Waals surface area contributed by atoms with Crippen LogP contribution in [0.3, 0.4) is 0 Å². The Labute approximate surface area is 145 Å². The van der Waals surface area contributed by atoms with E-state index in [-0.39, 0.29) is 11.8 Å². The summed E-state index contributed by atoms with van der Waals surface area (Å²) in [5.41, 5.74) is 0.943. The van der Waals surface area contributed by atoms with Gasteiger partial charge in [-0.05, 0) is 37.7 Å². The molecule has 2 amide bonds. The zero-order valence-corrected chi connectivity index (χ0v) is 13.9. The van der Waals surface area contributed by atoms with Crippen molar-refractivity contribution in [3.8, 4) is 0 Å². The number of piperidine rings is 1. The summed E-state index contributed by atoms with van der Waals surface area (Å²) in [5.74, 6) is 1.45. The van der Waals surface area contributed by atoms with Gasteiger partial charge in [-0.25, -0.2) is 0 Å². The number of hydrogen-bond acceptors (Lipinski definition) is 5. The molecule has 2 aliphatic rings. The lowest BCUT2D eigenvalue weighted by Crippen LogP contribution is -2.41. The van der Waals surface area contributed by atoms with E-state index >= 15 is 0 Å². The SMILES string of the molecule is O=C(NCC1CCN(C(=O)c2ccoc2)CC1)c1cc(C2CC2)on1. The lowest BCUT2D eigenvalue weighted by atomic mass is 9.96. The molecule has 0 atom stereocenters. The van der Waals surface area contributed by atoms with Crippen LogP contribution in [0.15, 0.2) is 33.6 Å². The third-order valence-corrected chi connectivity index (χ3v) is 4.96. The monoisotopic (exact) mass is 343 g/mol. The van der Waals surface area contributed by atoms with Gasteiger partial charge in [-0.1, -0.05) is 5.16 Å². The Kier molecular flexibility index (Phi) is 4.29. The van der Waals surface area contributed by atoms with Gasteiger partial charge in [-0.2, -0.15) is 0 Å². The molecule has 1 N–H and O–H groups in total. The van der Waals surface area contributed by atoms with E-state index in [2.05, 4.69) is 10.5 Å². The molecule has 2 fully saturated rings. The van der Waals surface area contributed by atoms with E-state index < -0.39 is 0 Å². The van der Waals surface area contributed by atoms with Crippen LogP contribution in [0.4, 0.5) is 0 Å². The van der Waals surface area contributed by atoms with Crippen LogP contribution in [-0.4, -0.2) is 41.5 Å². The normalized spacial score (nSPS) is 18.3. The number of rotatable bonds is 5. The van der Waals surface area contributed by atoms with Gasteiger partial charge in [0, 0.05) is 31.6 Å². The number of nitrogens with zero attached hydrogens (tertiary/aromatic N) is 2. The maximum atomic E-state index is 12.3. The second kappa shape index (κ2) is 6.74. The molecular formula is C18H21N3O4. The number of aromatic nitrogens is 1. The minimum absolute atomic E-state index is 0.00596. The Hall–Kier alpha value is -2.57. The largest absolute Gasteiger partial charge is 0.472 e. The minimum Gasteiger partial charge on any atom is -0.472 e. The summed E-state index contributed by atoms with van der Waals surface area (Å²) >= 11 is 0. The molecule has 132 valence electrons. The van der Waals surface area contributed by atoms with Crippen LogP contribution in [0.1, 0.15) is 58.2 Å². The molecule has 2 aromatic heterocycles. The van der Waals surface area contributed by atoms with E-state index in [1.165, 1.54) is 12.5 Å².